The molecule has 1 aromatic heterocycles. The van der Waals surface area contributed by atoms with Crippen LogP contribution in [0.4, 0.5) is 0 Å². The molecule has 76 valence electrons. The van der Waals surface area contributed by atoms with Gasteiger partial charge in [-0.15, -0.1) is 0 Å². The van der Waals surface area contributed by atoms with Crippen molar-refractivity contribution in [2.24, 2.45) is 5.92 Å². The first-order valence-corrected chi connectivity index (χ1v) is 6.02. The first kappa shape index (κ1) is 9.22. The SMILES string of the molecule is CC1C=C(Br)c2[nH]c3ccccc3c2C1. The van der Waals surface area contributed by atoms with Gasteiger partial charge in [-0.1, -0.05) is 31.2 Å². The van der Waals surface area contributed by atoms with Crippen molar-refractivity contribution in [3.8, 4) is 0 Å². The maximum atomic E-state index is 3.64. The van der Waals surface area contributed by atoms with Gasteiger partial charge in [0.15, 0.2) is 0 Å². The van der Waals surface area contributed by atoms with Gasteiger partial charge in [-0.3, -0.25) is 0 Å². The molecule has 0 bridgehead atoms. The molecule has 0 radical (unpaired) electrons. The number of H-pyrrole nitrogens is 1. The van der Waals surface area contributed by atoms with E-state index in [-0.39, 0.29) is 0 Å². The van der Waals surface area contributed by atoms with Crippen LogP contribution in [0.1, 0.15) is 18.2 Å². The Morgan fingerprint density at radius 1 is 1.33 bits per heavy atom. The number of allylic oxidation sites excluding steroid dienone is 1. The third-order valence-corrected chi connectivity index (χ3v) is 3.67. The van der Waals surface area contributed by atoms with Crippen LogP contribution in [0.5, 0.6) is 0 Å². The largest absolute Gasteiger partial charge is 0.354 e. The number of rotatable bonds is 0. The van der Waals surface area contributed by atoms with E-state index in [9.17, 15) is 0 Å². The molecule has 1 aliphatic carbocycles. The lowest BCUT2D eigenvalue weighted by Crippen LogP contribution is -2.03. The lowest BCUT2D eigenvalue weighted by molar-refractivity contribution is 0.719. The Morgan fingerprint density at radius 3 is 3.00 bits per heavy atom. The Hall–Kier alpha value is -1.02. The summed E-state index contributed by atoms with van der Waals surface area (Å²) in [4.78, 5) is 3.47. The van der Waals surface area contributed by atoms with E-state index in [1.165, 1.54) is 26.6 Å². The predicted molar refractivity (Wildman–Crippen MR) is 68.1 cm³/mol. The maximum Gasteiger partial charge on any atom is 0.0565 e. The van der Waals surface area contributed by atoms with Crippen molar-refractivity contribution in [2.45, 2.75) is 13.3 Å². The van der Waals surface area contributed by atoms with Crippen LogP contribution < -0.4 is 0 Å². The number of hydrogen-bond donors (Lipinski definition) is 1. The molecule has 0 aliphatic heterocycles. The minimum Gasteiger partial charge on any atom is -0.354 e. The van der Waals surface area contributed by atoms with Crippen molar-refractivity contribution < 1.29 is 0 Å². The number of nitrogens with one attached hydrogen (secondary N) is 1. The number of fused-ring (bicyclic) bond motifs is 3. The van der Waals surface area contributed by atoms with E-state index in [1.54, 1.807) is 0 Å². The van der Waals surface area contributed by atoms with Crippen LogP contribution in [-0.4, -0.2) is 4.98 Å². The van der Waals surface area contributed by atoms with E-state index in [1.807, 2.05) is 0 Å². The number of benzene rings is 1. The summed E-state index contributed by atoms with van der Waals surface area (Å²) in [5, 5.41) is 1.37. The zero-order chi connectivity index (χ0) is 10.4. The van der Waals surface area contributed by atoms with Gasteiger partial charge < -0.3 is 4.98 Å². The number of halogens is 1. The average molecular weight is 262 g/mol. The Kier molecular flexibility index (Phi) is 1.99. The average Bonchev–Trinajstić information content (AvgIpc) is 2.57. The van der Waals surface area contributed by atoms with Gasteiger partial charge in [-0.2, -0.15) is 0 Å². The molecule has 1 aliphatic rings. The van der Waals surface area contributed by atoms with Gasteiger partial charge in [0.05, 0.1) is 5.69 Å². The molecular formula is C13H12BrN. The molecule has 1 N–H and O–H groups in total. The summed E-state index contributed by atoms with van der Waals surface area (Å²) in [7, 11) is 0. The number of para-hydroxylation sites is 1. The molecule has 15 heavy (non-hydrogen) atoms. The van der Waals surface area contributed by atoms with Crippen molar-refractivity contribution in [2.75, 3.05) is 0 Å². The summed E-state index contributed by atoms with van der Waals surface area (Å²) in [5.41, 5.74) is 3.95. The molecule has 0 fully saturated rings. The zero-order valence-corrected chi connectivity index (χ0v) is 10.1. The molecule has 2 heteroatoms. The summed E-state index contributed by atoms with van der Waals surface area (Å²) >= 11 is 3.64. The fourth-order valence-electron chi connectivity index (χ4n) is 2.33. The summed E-state index contributed by atoms with van der Waals surface area (Å²) in [6, 6.07) is 8.51. The molecule has 0 saturated carbocycles. The minimum absolute atomic E-state index is 0.617. The smallest absolute Gasteiger partial charge is 0.0565 e. The lowest BCUT2D eigenvalue weighted by atomic mass is 9.93. The van der Waals surface area contributed by atoms with E-state index in [0.29, 0.717) is 5.92 Å². The fraction of sp³-hybridized carbons (Fsp3) is 0.231. The van der Waals surface area contributed by atoms with E-state index >= 15 is 0 Å². The van der Waals surface area contributed by atoms with Crippen LogP contribution in [0.2, 0.25) is 0 Å². The van der Waals surface area contributed by atoms with E-state index in [2.05, 4.69) is 58.2 Å². The van der Waals surface area contributed by atoms with Gasteiger partial charge in [0.1, 0.15) is 0 Å². The van der Waals surface area contributed by atoms with Crippen molar-refractivity contribution in [1.82, 2.24) is 4.98 Å². The van der Waals surface area contributed by atoms with Crippen molar-refractivity contribution in [1.29, 1.82) is 0 Å². The summed E-state index contributed by atoms with van der Waals surface area (Å²) in [6.07, 6.45) is 3.41. The third-order valence-electron chi connectivity index (χ3n) is 3.01. The Morgan fingerprint density at radius 2 is 2.13 bits per heavy atom. The fourth-order valence-corrected chi connectivity index (χ4v) is 3.12. The van der Waals surface area contributed by atoms with Gasteiger partial charge in [0.25, 0.3) is 0 Å². The molecule has 0 amide bonds. The van der Waals surface area contributed by atoms with Crippen LogP contribution >= 0.6 is 15.9 Å². The first-order valence-electron chi connectivity index (χ1n) is 5.23. The molecule has 1 nitrogen and oxygen atoms in total. The van der Waals surface area contributed by atoms with Crippen molar-refractivity contribution in [3.05, 3.63) is 41.6 Å². The van der Waals surface area contributed by atoms with Crippen LogP contribution in [0.3, 0.4) is 0 Å². The topological polar surface area (TPSA) is 15.8 Å². The number of aromatic nitrogens is 1. The Labute approximate surface area is 97.3 Å². The highest BCUT2D eigenvalue weighted by molar-refractivity contribution is 9.15. The van der Waals surface area contributed by atoms with Gasteiger partial charge in [0.2, 0.25) is 0 Å². The Bertz CT molecular complexity index is 551. The second-order valence-corrected chi connectivity index (χ2v) is 5.07. The normalized spacial score (nSPS) is 20.1. The highest BCUT2D eigenvalue weighted by atomic mass is 79.9. The number of hydrogen-bond acceptors (Lipinski definition) is 0. The first-order chi connectivity index (χ1) is 7.25. The van der Waals surface area contributed by atoms with Gasteiger partial charge in [-0.05, 0) is 39.9 Å². The molecule has 1 aromatic carbocycles. The van der Waals surface area contributed by atoms with E-state index in [4.69, 9.17) is 0 Å². The van der Waals surface area contributed by atoms with Crippen molar-refractivity contribution >= 4 is 31.3 Å². The predicted octanol–water partition coefficient (Wildman–Crippen LogP) is 4.10. The van der Waals surface area contributed by atoms with Gasteiger partial charge in [0, 0.05) is 15.4 Å². The summed E-state index contributed by atoms with van der Waals surface area (Å²) in [6.45, 7) is 2.26. The van der Waals surface area contributed by atoms with Crippen LogP contribution in [0.25, 0.3) is 15.4 Å². The standard InChI is InChI=1S/C13H12BrN/c1-8-6-10-9-4-2-3-5-12(9)15-13(10)11(14)7-8/h2-5,7-8,15H,6H2,1H3. The van der Waals surface area contributed by atoms with Gasteiger partial charge in [-0.25, -0.2) is 0 Å². The highest BCUT2D eigenvalue weighted by Crippen LogP contribution is 2.36. The minimum atomic E-state index is 0.617. The van der Waals surface area contributed by atoms with Crippen LogP contribution in [-0.2, 0) is 6.42 Å². The van der Waals surface area contributed by atoms with Crippen LogP contribution in [0.15, 0.2) is 30.3 Å². The molecule has 1 atom stereocenters. The molecule has 1 heterocycles. The second-order valence-electron chi connectivity index (χ2n) is 4.22. The molecule has 2 aromatic rings. The Balaban J connectivity index is 2.34. The number of aromatic amines is 1. The molecule has 0 saturated heterocycles. The molecule has 1 unspecified atom stereocenters. The van der Waals surface area contributed by atoms with E-state index < -0.39 is 0 Å². The maximum absolute atomic E-state index is 3.64. The van der Waals surface area contributed by atoms with Crippen molar-refractivity contribution in [3.63, 3.8) is 0 Å². The summed E-state index contributed by atoms with van der Waals surface area (Å²) < 4.78 is 1.20. The molecule has 0 spiro atoms. The van der Waals surface area contributed by atoms with Crippen LogP contribution in [0, 0.1) is 5.92 Å². The third kappa shape index (κ3) is 1.36. The zero-order valence-electron chi connectivity index (χ0n) is 8.55. The summed E-state index contributed by atoms with van der Waals surface area (Å²) in [5.74, 6) is 0.617. The second kappa shape index (κ2) is 3.24. The van der Waals surface area contributed by atoms with E-state index in [0.717, 1.165) is 6.42 Å². The quantitative estimate of drug-likeness (QED) is 0.735. The monoisotopic (exact) mass is 261 g/mol. The molecule has 3 rings (SSSR count). The van der Waals surface area contributed by atoms with Gasteiger partial charge >= 0.3 is 0 Å². The lowest BCUT2D eigenvalue weighted by Gasteiger charge is -2.15. The highest BCUT2D eigenvalue weighted by Gasteiger charge is 2.19. The molecular weight excluding hydrogens is 250 g/mol.